The number of amides is 1. The fourth-order valence-electron chi connectivity index (χ4n) is 2.09. The molecule has 25 heavy (non-hydrogen) atoms. The van der Waals surface area contributed by atoms with Crippen LogP contribution in [0.15, 0.2) is 28.8 Å². The maximum Gasteiger partial charge on any atom is 0.227 e. The second-order valence-corrected chi connectivity index (χ2v) is 6.82. The van der Waals surface area contributed by atoms with Gasteiger partial charge in [0.15, 0.2) is 0 Å². The average molecular weight is 378 g/mol. The summed E-state index contributed by atoms with van der Waals surface area (Å²) in [6.07, 6.45) is 2.44. The summed E-state index contributed by atoms with van der Waals surface area (Å²) in [5.74, 6) is 0.717. The van der Waals surface area contributed by atoms with Crippen LogP contribution in [0.3, 0.4) is 0 Å². The molecule has 2 heterocycles. The number of aryl methyl sites for hydroxylation is 2. The number of aromatic nitrogens is 4. The molecule has 0 spiro atoms. The quantitative estimate of drug-likeness (QED) is 0.673. The van der Waals surface area contributed by atoms with Gasteiger partial charge in [-0.1, -0.05) is 35.0 Å². The predicted octanol–water partition coefficient (Wildman–Crippen LogP) is 3.77. The van der Waals surface area contributed by atoms with Crippen LogP contribution < -0.4 is 5.32 Å². The lowest BCUT2D eigenvalue weighted by Gasteiger charge is -1.98. The molecule has 0 unspecified atom stereocenters. The van der Waals surface area contributed by atoms with E-state index < -0.39 is 0 Å². The molecule has 0 saturated carbocycles. The van der Waals surface area contributed by atoms with E-state index in [1.807, 2.05) is 12.1 Å². The Morgan fingerprint density at radius 2 is 2.04 bits per heavy atom. The van der Waals surface area contributed by atoms with E-state index in [1.165, 1.54) is 11.3 Å². The number of nitrogens with one attached hydrogen (secondary N) is 1. The van der Waals surface area contributed by atoms with Crippen molar-refractivity contribution in [2.75, 3.05) is 5.32 Å². The standard InChI is InChI=1S/C16H16ClN5O2S/c1-2-3-14-20-21-16(25-14)18-12(23)8-9-13-19-15(22-24-13)10-4-6-11(17)7-5-10/h4-7H,2-3,8-9H2,1H3,(H,18,21,23). The van der Waals surface area contributed by atoms with Gasteiger partial charge in [0.05, 0.1) is 0 Å². The van der Waals surface area contributed by atoms with Crippen LogP contribution in [0.4, 0.5) is 5.13 Å². The van der Waals surface area contributed by atoms with Gasteiger partial charge in [0.2, 0.25) is 22.8 Å². The zero-order chi connectivity index (χ0) is 17.6. The van der Waals surface area contributed by atoms with E-state index in [9.17, 15) is 4.79 Å². The van der Waals surface area contributed by atoms with Gasteiger partial charge in [0, 0.05) is 29.8 Å². The van der Waals surface area contributed by atoms with Crippen molar-refractivity contribution in [2.45, 2.75) is 32.6 Å². The number of rotatable bonds is 7. The van der Waals surface area contributed by atoms with Gasteiger partial charge < -0.3 is 9.84 Å². The van der Waals surface area contributed by atoms with Crippen LogP contribution >= 0.6 is 22.9 Å². The van der Waals surface area contributed by atoms with Gasteiger partial charge in [0.25, 0.3) is 0 Å². The van der Waals surface area contributed by atoms with Crippen LogP contribution in [0.1, 0.15) is 30.7 Å². The Balaban J connectivity index is 1.52. The van der Waals surface area contributed by atoms with Crippen molar-refractivity contribution in [1.82, 2.24) is 20.3 Å². The Hall–Kier alpha value is -2.32. The molecule has 0 fully saturated rings. The number of anilines is 1. The van der Waals surface area contributed by atoms with Crippen LogP contribution in [0, 0.1) is 0 Å². The van der Waals surface area contributed by atoms with E-state index in [4.69, 9.17) is 16.1 Å². The van der Waals surface area contributed by atoms with E-state index in [0.717, 1.165) is 23.4 Å². The maximum absolute atomic E-state index is 12.0. The molecule has 0 saturated heterocycles. The molecule has 0 atom stereocenters. The van der Waals surface area contributed by atoms with E-state index in [0.29, 0.717) is 28.3 Å². The van der Waals surface area contributed by atoms with Crippen molar-refractivity contribution >= 4 is 34.0 Å². The van der Waals surface area contributed by atoms with Crippen LogP contribution in [0.5, 0.6) is 0 Å². The molecule has 0 aliphatic carbocycles. The molecule has 130 valence electrons. The Morgan fingerprint density at radius 1 is 1.24 bits per heavy atom. The van der Waals surface area contributed by atoms with Gasteiger partial charge in [-0.3, -0.25) is 4.79 Å². The SMILES string of the molecule is CCCc1nnc(NC(=O)CCc2nc(-c3ccc(Cl)cc3)no2)s1. The Kier molecular flexibility index (Phi) is 5.72. The first-order valence-electron chi connectivity index (χ1n) is 7.85. The lowest BCUT2D eigenvalue weighted by Crippen LogP contribution is -2.12. The third-order valence-corrected chi connectivity index (χ3v) is 4.46. The minimum Gasteiger partial charge on any atom is -0.339 e. The summed E-state index contributed by atoms with van der Waals surface area (Å²) in [4.78, 5) is 16.3. The monoisotopic (exact) mass is 377 g/mol. The molecular weight excluding hydrogens is 362 g/mol. The highest BCUT2D eigenvalue weighted by Gasteiger charge is 2.12. The van der Waals surface area contributed by atoms with Gasteiger partial charge in [-0.05, 0) is 30.7 Å². The molecular formula is C16H16ClN5O2S. The fourth-order valence-corrected chi connectivity index (χ4v) is 3.08. The predicted molar refractivity (Wildman–Crippen MR) is 95.6 cm³/mol. The van der Waals surface area contributed by atoms with Crippen molar-refractivity contribution in [3.05, 3.63) is 40.2 Å². The van der Waals surface area contributed by atoms with Gasteiger partial charge in [-0.2, -0.15) is 4.98 Å². The summed E-state index contributed by atoms with van der Waals surface area (Å²) in [7, 11) is 0. The summed E-state index contributed by atoms with van der Waals surface area (Å²) in [5.41, 5.74) is 0.807. The number of halogens is 1. The summed E-state index contributed by atoms with van der Waals surface area (Å²) in [6, 6.07) is 7.14. The molecule has 0 bridgehead atoms. The normalized spacial score (nSPS) is 10.8. The Labute approximate surface area is 153 Å². The first kappa shape index (κ1) is 17.5. The third kappa shape index (κ3) is 4.83. The second-order valence-electron chi connectivity index (χ2n) is 5.32. The first-order chi connectivity index (χ1) is 12.1. The molecule has 0 aliphatic heterocycles. The van der Waals surface area contributed by atoms with Crippen molar-refractivity contribution in [2.24, 2.45) is 0 Å². The number of carbonyl (C=O) groups excluding carboxylic acids is 1. The maximum atomic E-state index is 12.0. The molecule has 0 radical (unpaired) electrons. The Morgan fingerprint density at radius 3 is 2.80 bits per heavy atom. The smallest absolute Gasteiger partial charge is 0.227 e. The molecule has 9 heteroatoms. The first-order valence-corrected chi connectivity index (χ1v) is 9.04. The van der Waals surface area contributed by atoms with E-state index in [2.05, 4.69) is 32.6 Å². The van der Waals surface area contributed by atoms with Crippen molar-refractivity contribution in [3.8, 4) is 11.4 Å². The topological polar surface area (TPSA) is 93.8 Å². The lowest BCUT2D eigenvalue weighted by molar-refractivity contribution is -0.116. The van der Waals surface area contributed by atoms with Crippen LogP contribution in [-0.4, -0.2) is 26.2 Å². The number of benzene rings is 1. The van der Waals surface area contributed by atoms with Crippen molar-refractivity contribution < 1.29 is 9.32 Å². The minimum atomic E-state index is -0.162. The molecule has 3 rings (SSSR count). The summed E-state index contributed by atoms with van der Waals surface area (Å²) >= 11 is 7.25. The van der Waals surface area contributed by atoms with Gasteiger partial charge in [-0.15, -0.1) is 10.2 Å². The molecule has 7 nitrogen and oxygen atoms in total. The molecule has 1 amide bonds. The highest BCUT2D eigenvalue weighted by Crippen LogP contribution is 2.19. The Bertz CT molecular complexity index is 846. The average Bonchev–Trinajstić information content (AvgIpc) is 3.24. The van der Waals surface area contributed by atoms with E-state index in [-0.39, 0.29) is 12.3 Å². The number of nitrogens with zero attached hydrogens (tertiary/aromatic N) is 4. The zero-order valence-corrected chi connectivity index (χ0v) is 15.1. The van der Waals surface area contributed by atoms with Gasteiger partial charge in [-0.25, -0.2) is 0 Å². The van der Waals surface area contributed by atoms with Crippen LogP contribution in [0.25, 0.3) is 11.4 Å². The van der Waals surface area contributed by atoms with Crippen LogP contribution in [0.2, 0.25) is 5.02 Å². The molecule has 3 aromatic rings. The van der Waals surface area contributed by atoms with Gasteiger partial charge in [0.1, 0.15) is 5.01 Å². The van der Waals surface area contributed by atoms with Crippen molar-refractivity contribution in [3.63, 3.8) is 0 Å². The third-order valence-electron chi connectivity index (χ3n) is 3.31. The number of carbonyl (C=O) groups is 1. The summed E-state index contributed by atoms with van der Waals surface area (Å²) in [5, 5.41) is 16.7. The van der Waals surface area contributed by atoms with Crippen LogP contribution in [-0.2, 0) is 17.6 Å². The highest BCUT2D eigenvalue weighted by atomic mass is 35.5. The van der Waals surface area contributed by atoms with E-state index in [1.54, 1.807) is 12.1 Å². The second kappa shape index (κ2) is 8.17. The summed E-state index contributed by atoms with van der Waals surface area (Å²) in [6.45, 7) is 2.07. The summed E-state index contributed by atoms with van der Waals surface area (Å²) < 4.78 is 5.19. The molecule has 1 N–H and O–H groups in total. The zero-order valence-electron chi connectivity index (χ0n) is 13.5. The minimum absolute atomic E-state index is 0.162. The van der Waals surface area contributed by atoms with Crippen molar-refractivity contribution in [1.29, 1.82) is 0 Å². The molecule has 2 aromatic heterocycles. The largest absolute Gasteiger partial charge is 0.339 e. The lowest BCUT2D eigenvalue weighted by atomic mass is 10.2. The molecule has 1 aromatic carbocycles. The fraction of sp³-hybridized carbons (Fsp3) is 0.312. The highest BCUT2D eigenvalue weighted by molar-refractivity contribution is 7.15. The van der Waals surface area contributed by atoms with E-state index >= 15 is 0 Å². The number of hydrogen-bond donors (Lipinski definition) is 1. The number of hydrogen-bond acceptors (Lipinski definition) is 7. The van der Waals surface area contributed by atoms with Gasteiger partial charge >= 0.3 is 0 Å². The molecule has 0 aliphatic rings.